The van der Waals surface area contributed by atoms with Gasteiger partial charge in [0.2, 0.25) is 11.8 Å². The lowest BCUT2D eigenvalue weighted by molar-refractivity contribution is 0.582. The van der Waals surface area contributed by atoms with Gasteiger partial charge in [-0.1, -0.05) is 119 Å². The van der Waals surface area contributed by atoms with Crippen molar-refractivity contribution in [2.75, 3.05) is 0 Å². The second-order valence-electron chi connectivity index (χ2n) is 14.7. The third-order valence-electron chi connectivity index (χ3n) is 11.5. The molecule has 5 heteroatoms. The van der Waals surface area contributed by atoms with Gasteiger partial charge in [-0.15, -0.1) is 10.2 Å². The molecule has 49 heavy (non-hydrogen) atoms. The summed E-state index contributed by atoms with van der Waals surface area (Å²) < 4.78 is 11.5. The van der Waals surface area contributed by atoms with Crippen LogP contribution in [0.3, 0.4) is 0 Å². The van der Waals surface area contributed by atoms with Gasteiger partial charge in [0.25, 0.3) is 0 Å². The Labute approximate surface area is 283 Å². The first-order valence-corrected chi connectivity index (χ1v) is 17.0. The Hall–Kier alpha value is -5.94. The average Bonchev–Trinajstić information content (AvgIpc) is 3.83. The molecule has 9 aromatic rings. The van der Waals surface area contributed by atoms with Crippen molar-refractivity contribution < 1.29 is 4.42 Å². The van der Waals surface area contributed by atoms with Crippen LogP contribution >= 0.6 is 0 Å². The minimum Gasteiger partial charge on any atom is -0.416 e. The Bertz CT molecular complexity index is 2900. The lowest BCUT2D eigenvalue weighted by Crippen LogP contribution is -2.26. The topological polar surface area (TPSA) is 48.8 Å². The number of aromatic nitrogens is 4. The van der Waals surface area contributed by atoms with Crippen LogP contribution in [0.2, 0.25) is 0 Å². The van der Waals surface area contributed by atoms with Gasteiger partial charge >= 0.3 is 0 Å². The third-order valence-corrected chi connectivity index (χ3v) is 11.5. The third kappa shape index (κ3) is 3.25. The van der Waals surface area contributed by atoms with Crippen LogP contribution in [0.5, 0.6) is 0 Å². The molecule has 0 saturated carbocycles. The largest absolute Gasteiger partial charge is 0.416 e. The highest BCUT2D eigenvalue weighted by atomic mass is 16.4. The zero-order chi connectivity index (χ0) is 32.8. The molecule has 2 aliphatic rings. The molecule has 5 nitrogen and oxygen atoms in total. The molecule has 234 valence electrons. The summed E-state index contributed by atoms with van der Waals surface area (Å²) in [6, 6.07) is 43.9. The van der Waals surface area contributed by atoms with Gasteiger partial charge in [0.1, 0.15) is 0 Å². The van der Waals surface area contributed by atoms with Gasteiger partial charge in [0.15, 0.2) is 0 Å². The van der Waals surface area contributed by atoms with Crippen molar-refractivity contribution in [2.45, 2.75) is 38.5 Å². The Kier molecular flexibility index (Phi) is 4.94. The lowest BCUT2D eigenvalue weighted by atomic mass is 9.74. The number of rotatable bonds is 2. The van der Waals surface area contributed by atoms with Crippen molar-refractivity contribution in [3.05, 3.63) is 144 Å². The minimum atomic E-state index is -0.218. The molecule has 0 atom stereocenters. The van der Waals surface area contributed by atoms with E-state index in [1.807, 2.05) is 0 Å². The van der Waals surface area contributed by atoms with E-state index in [1.54, 1.807) is 0 Å². The number of nitrogens with zero attached hydrogens (tertiary/aromatic N) is 4. The van der Waals surface area contributed by atoms with Gasteiger partial charge in [-0.05, 0) is 52.6 Å². The van der Waals surface area contributed by atoms with E-state index in [-0.39, 0.29) is 10.8 Å². The van der Waals surface area contributed by atoms with Crippen molar-refractivity contribution >= 4 is 43.6 Å². The number of hydrogen-bond donors (Lipinski definition) is 0. The Balaban J connectivity index is 1.12. The molecule has 0 saturated heterocycles. The molecule has 6 aromatic carbocycles. The van der Waals surface area contributed by atoms with Crippen LogP contribution in [-0.4, -0.2) is 19.3 Å². The summed E-state index contributed by atoms with van der Waals surface area (Å²) in [7, 11) is 0. The lowest BCUT2D eigenvalue weighted by Gasteiger charge is -2.35. The highest BCUT2D eigenvalue weighted by Gasteiger charge is 2.38. The zero-order valence-corrected chi connectivity index (χ0v) is 27.7. The van der Waals surface area contributed by atoms with E-state index in [1.165, 1.54) is 65.9 Å². The molecule has 0 fully saturated rings. The quantitative estimate of drug-likeness (QED) is 0.191. The zero-order valence-electron chi connectivity index (χ0n) is 27.7. The van der Waals surface area contributed by atoms with E-state index in [0.717, 1.165) is 22.5 Å². The molecular weight excluding hydrogens is 601 g/mol. The fourth-order valence-corrected chi connectivity index (χ4v) is 9.11. The summed E-state index contributed by atoms with van der Waals surface area (Å²) in [6.07, 6.45) is 0. The van der Waals surface area contributed by atoms with E-state index < -0.39 is 0 Å². The Morgan fingerprint density at radius 1 is 0.490 bits per heavy atom. The smallest absolute Gasteiger partial charge is 0.250 e. The Morgan fingerprint density at radius 3 is 1.76 bits per heavy atom. The van der Waals surface area contributed by atoms with Gasteiger partial charge in [0, 0.05) is 37.9 Å². The molecule has 0 spiro atoms. The monoisotopic (exact) mass is 632 g/mol. The molecule has 0 N–H and O–H groups in total. The van der Waals surface area contributed by atoms with Gasteiger partial charge in [-0.2, -0.15) is 0 Å². The normalized spacial score (nSPS) is 15.3. The number of hydrogen-bond acceptors (Lipinski definition) is 3. The molecule has 0 bridgehead atoms. The van der Waals surface area contributed by atoms with Crippen LogP contribution < -0.4 is 0 Å². The predicted octanol–water partition coefficient (Wildman–Crippen LogP) is 10.9. The number of benzene rings is 6. The maximum absolute atomic E-state index is 6.67. The van der Waals surface area contributed by atoms with E-state index in [4.69, 9.17) is 9.52 Å². The van der Waals surface area contributed by atoms with Crippen molar-refractivity contribution in [1.82, 2.24) is 19.3 Å². The summed E-state index contributed by atoms with van der Waals surface area (Å²) >= 11 is 0. The molecule has 0 amide bonds. The SMILES string of the molecule is CC1(C)c2ccc(-c3nnc(-c4cccc5c4-n4c6ccccc6c6cccc(c64)C5(C)C)o3)cc2-n2c3ccccc3c3cccc1c32. The molecule has 5 heterocycles. The average molecular weight is 633 g/mol. The molecule has 0 radical (unpaired) electrons. The fourth-order valence-electron chi connectivity index (χ4n) is 9.11. The van der Waals surface area contributed by atoms with E-state index in [2.05, 4.69) is 163 Å². The van der Waals surface area contributed by atoms with Crippen molar-refractivity contribution in [1.29, 1.82) is 0 Å². The van der Waals surface area contributed by atoms with E-state index in [9.17, 15) is 0 Å². The second-order valence-corrected chi connectivity index (χ2v) is 14.7. The van der Waals surface area contributed by atoms with Crippen LogP contribution in [0.25, 0.3) is 77.9 Å². The maximum Gasteiger partial charge on any atom is 0.250 e. The summed E-state index contributed by atoms with van der Waals surface area (Å²) in [4.78, 5) is 0. The summed E-state index contributed by atoms with van der Waals surface area (Å²) in [5.74, 6) is 1.03. The van der Waals surface area contributed by atoms with Crippen LogP contribution in [0.4, 0.5) is 0 Å². The molecular formula is C44H32N4O. The molecule has 2 aliphatic heterocycles. The summed E-state index contributed by atoms with van der Waals surface area (Å²) in [6.45, 7) is 9.29. The molecule has 3 aromatic heterocycles. The Morgan fingerprint density at radius 2 is 1.04 bits per heavy atom. The number of fused-ring (bicyclic) bond motifs is 10. The van der Waals surface area contributed by atoms with Gasteiger partial charge in [0.05, 0.1) is 39.0 Å². The van der Waals surface area contributed by atoms with Gasteiger partial charge in [-0.3, -0.25) is 0 Å². The standard InChI is InChI=1S/C44H32N4O/c1-43(2)31-23-22-25(24-37(31)47-35-20-7-5-12-26(35)28-14-9-17-32(43)38(28)47)41-45-46-42(49-41)30-16-11-19-34-40(30)48-36-21-8-6-13-27(36)29-15-10-18-33(39(29)48)44(34,3)4/h5-24H,1-4H3. The predicted molar refractivity (Wildman–Crippen MR) is 198 cm³/mol. The highest BCUT2D eigenvalue weighted by Crippen LogP contribution is 2.51. The van der Waals surface area contributed by atoms with Gasteiger partial charge < -0.3 is 13.6 Å². The van der Waals surface area contributed by atoms with E-state index >= 15 is 0 Å². The fraction of sp³-hybridized carbons (Fsp3) is 0.136. The number of para-hydroxylation sites is 5. The minimum absolute atomic E-state index is 0.172. The summed E-state index contributed by atoms with van der Waals surface area (Å²) in [5, 5.41) is 14.5. The highest BCUT2D eigenvalue weighted by molar-refractivity contribution is 6.13. The molecule has 0 unspecified atom stereocenters. The van der Waals surface area contributed by atoms with Crippen molar-refractivity contribution in [3.63, 3.8) is 0 Å². The first-order valence-electron chi connectivity index (χ1n) is 17.0. The van der Waals surface area contributed by atoms with Crippen LogP contribution in [0.1, 0.15) is 49.9 Å². The maximum atomic E-state index is 6.67. The van der Waals surface area contributed by atoms with Crippen LogP contribution in [0.15, 0.2) is 126 Å². The first kappa shape index (κ1) is 27.1. The molecule has 0 aliphatic carbocycles. The molecule has 11 rings (SSSR count). The van der Waals surface area contributed by atoms with Gasteiger partial charge in [-0.25, -0.2) is 0 Å². The first-order chi connectivity index (χ1) is 23.8. The van der Waals surface area contributed by atoms with Crippen molar-refractivity contribution in [2.24, 2.45) is 0 Å². The van der Waals surface area contributed by atoms with Crippen LogP contribution in [-0.2, 0) is 10.8 Å². The van der Waals surface area contributed by atoms with E-state index in [0.29, 0.717) is 11.8 Å². The summed E-state index contributed by atoms with van der Waals surface area (Å²) in [5.41, 5.74) is 13.8. The second kappa shape index (κ2) is 8.94. The van der Waals surface area contributed by atoms with Crippen molar-refractivity contribution in [3.8, 4) is 34.3 Å². The van der Waals surface area contributed by atoms with Crippen LogP contribution in [0, 0.1) is 0 Å².